The van der Waals surface area contributed by atoms with Crippen molar-refractivity contribution >= 4 is 17.2 Å². The Morgan fingerprint density at radius 1 is 0.964 bits per heavy atom. The van der Waals surface area contributed by atoms with Gasteiger partial charge in [0.25, 0.3) is 5.91 Å². The number of pyridine rings is 1. The number of ether oxygens (including phenoxy) is 2. The van der Waals surface area contributed by atoms with Gasteiger partial charge in [-0.25, -0.2) is 4.98 Å². The Bertz CT molecular complexity index is 1170. The zero-order valence-corrected chi connectivity index (χ0v) is 15.0. The quantitative estimate of drug-likeness (QED) is 0.591. The van der Waals surface area contributed by atoms with Crippen LogP contribution in [0.4, 0.5) is 5.69 Å². The van der Waals surface area contributed by atoms with E-state index < -0.39 is 0 Å². The summed E-state index contributed by atoms with van der Waals surface area (Å²) in [5, 5.41) is 2.90. The van der Waals surface area contributed by atoms with Crippen LogP contribution in [0.25, 0.3) is 16.9 Å². The van der Waals surface area contributed by atoms with E-state index in [1.54, 1.807) is 30.3 Å². The third-order valence-electron chi connectivity index (χ3n) is 4.59. The van der Waals surface area contributed by atoms with Crippen LogP contribution in [0.5, 0.6) is 11.5 Å². The maximum absolute atomic E-state index is 12.7. The average molecular weight is 371 g/mol. The maximum atomic E-state index is 12.7. The highest BCUT2D eigenvalue weighted by Crippen LogP contribution is 2.32. The van der Waals surface area contributed by atoms with Crippen molar-refractivity contribution in [3.05, 3.63) is 78.6 Å². The van der Waals surface area contributed by atoms with E-state index in [9.17, 15) is 4.79 Å². The van der Waals surface area contributed by atoms with Gasteiger partial charge in [0.15, 0.2) is 11.5 Å². The van der Waals surface area contributed by atoms with Crippen LogP contribution in [0.15, 0.2) is 73.1 Å². The highest BCUT2D eigenvalue weighted by atomic mass is 16.6. The number of benzene rings is 2. The van der Waals surface area contributed by atoms with E-state index in [-0.39, 0.29) is 5.91 Å². The van der Waals surface area contributed by atoms with E-state index in [4.69, 9.17) is 9.47 Å². The number of aromatic nitrogens is 2. The summed E-state index contributed by atoms with van der Waals surface area (Å²) in [5.41, 5.74) is 3.81. The molecular formula is C22H17N3O3. The zero-order chi connectivity index (χ0) is 18.9. The SMILES string of the molecule is O=C(Nc1ccc2c(c1)OCCO2)c1ccn2cc(-c3ccccc3)nc2c1. The lowest BCUT2D eigenvalue weighted by molar-refractivity contribution is 0.102. The Balaban J connectivity index is 1.40. The van der Waals surface area contributed by atoms with Gasteiger partial charge in [0.05, 0.1) is 5.69 Å². The van der Waals surface area contributed by atoms with E-state index in [1.165, 1.54) is 0 Å². The summed E-state index contributed by atoms with van der Waals surface area (Å²) in [5.74, 6) is 1.13. The summed E-state index contributed by atoms with van der Waals surface area (Å²) in [6.45, 7) is 1.04. The van der Waals surface area contributed by atoms with Gasteiger partial charge in [-0.15, -0.1) is 0 Å². The number of imidazole rings is 1. The molecule has 2 aromatic heterocycles. The molecular weight excluding hydrogens is 354 g/mol. The number of carbonyl (C=O) groups is 1. The van der Waals surface area contributed by atoms with E-state index in [2.05, 4.69) is 10.3 Å². The van der Waals surface area contributed by atoms with Crippen molar-refractivity contribution in [1.29, 1.82) is 0 Å². The first kappa shape index (κ1) is 16.4. The van der Waals surface area contributed by atoms with Crippen LogP contribution in [0.1, 0.15) is 10.4 Å². The molecule has 0 saturated carbocycles. The number of nitrogens with zero attached hydrogens (tertiary/aromatic N) is 2. The molecule has 1 amide bonds. The Morgan fingerprint density at radius 2 is 1.79 bits per heavy atom. The van der Waals surface area contributed by atoms with Gasteiger partial charge in [0, 0.05) is 35.3 Å². The smallest absolute Gasteiger partial charge is 0.255 e. The first-order valence-corrected chi connectivity index (χ1v) is 9.01. The molecule has 0 atom stereocenters. The van der Waals surface area contributed by atoms with Crippen molar-refractivity contribution in [2.24, 2.45) is 0 Å². The summed E-state index contributed by atoms with van der Waals surface area (Å²) in [7, 11) is 0. The van der Waals surface area contributed by atoms with Gasteiger partial charge in [0.1, 0.15) is 18.9 Å². The number of rotatable bonds is 3. The van der Waals surface area contributed by atoms with Crippen molar-refractivity contribution in [2.75, 3.05) is 18.5 Å². The van der Waals surface area contributed by atoms with E-state index in [0.717, 1.165) is 11.3 Å². The average Bonchev–Trinajstić information content (AvgIpc) is 3.18. The van der Waals surface area contributed by atoms with Crippen molar-refractivity contribution in [1.82, 2.24) is 9.38 Å². The van der Waals surface area contributed by atoms with Crippen molar-refractivity contribution in [3.63, 3.8) is 0 Å². The van der Waals surface area contributed by atoms with Crippen LogP contribution in [0.3, 0.4) is 0 Å². The molecule has 1 aliphatic heterocycles. The molecule has 0 radical (unpaired) electrons. The van der Waals surface area contributed by atoms with Crippen LogP contribution in [0, 0.1) is 0 Å². The van der Waals surface area contributed by atoms with Gasteiger partial charge in [-0.1, -0.05) is 30.3 Å². The lowest BCUT2D eigenvalue weighted by atomic mass is 10.2. The van der Waals surface area contributed by atoms with E-state index >= 15 is 0 Å². The van der Waals surface area contributed by atoms with Gasteiger partial charge < -0.3 is 19.2 Å². The summed E-state index contributed by atoms with van der Waals surface area (Å²) in [4.78, 5) is 17.3. The highest BCUT2D eigenvalue weighted by molar-refractivity contribution is 6.05. The fraction of sp³-hybridized carbons (Fsp3) is 0.0909. The predicted molar refractivity (Wildman–Crippen MR) is 106 cm³/mol. The molecule has 1 aliphatic rings. The lowest BCUT2D eigenvalue weighted by Crippen LogP contribution is -2.16. The molecule has 5 rings (SSSR count). The standard InChI is InChI=1S/C22H17N3O3/c26-22(23-17-6-7-19-20(13-17)28-11-10-27-19)16-8-9-25-14-18(24-21(25)12-16)15-4-2-1-3-5-15/h1-9,12-14H,10-11H2,(H,23,26). The summed E-state index contributed by atoms with van der Waals surface area (Å²) in [6, 6.07) is 18.9. The van der Waals surface area contributed by atoms with Crippen LogP contribution >= 0.6 is 0 Å². The Labute approximate surface area is 161 Å². The second-order valence-corrected chi connectivity index (χ2v) is 6.49. The van der Waals surface area contributed by atoms with Gasteiger partial charge in [-0.2, -0.15) is 0 Å². The van der Waals surface area contributed by atoms with Gasteiger partial charge >= 0.3 is 0 Å². The lowest BCUT2D eigenvalue weighted by Gasteiger charge is -2.19. The molecule has 1 N–H and O–H groups in total. The van der Waals surface area contributed by atoms with Crippen molar-refractivity contribution < 1.29 is 14.3 Å². The van der Waals surface area contributed by atoms with Crippen LogP contribution < -0.4 is 14.8 Å². The minimum absolute atomic E-state index is 0.205. The molecule has 0 aliphatic carbocycles. The van der Waals surface area contributed by atoms with E-state index in [0.29, 0.717) is 41.6 Å². The fourth-order valence-electron chi connectivity index (χ4n) is 3.20. The molecule has 0 spiro atoms. The molecule has 0 saturated heterocycles. The molecule has 0 unspecified atom stereocenters. The fourth-order valence-corrected chi connectivity index (χ4v) is 3.20. The monoisotopic (exact) mass is 371 g/mol. The second-order valence-electron chi connectivity index (χ2n) is 6.49. The maximum Gasteiger partial charge on any atom is 0.255 e. The first-order valence-electron chi connectivity index (χ1n) is 9.01. The molecule has 6 nitrogen and oxygen atoms in total. The molecule has 6 heteroatoms. The molecule has 0 fully saturated rings. The summed E-state index contributed by atoms with van der Waals surface area (Å²) < 4.78 is 13.0. The van der Waals surface area contributed by atoms with Crippen LogP contribution in [0.2, 0.25) is 0 Å². The number of hydrogen-bond acceptors (Lipinski definition) is 4. The van der Waals surface area contributed by atoms with Gasteiger partial charge in [0.2, 0.25) is 0 Å². The van der Waals surface area contributed by atoms with Crippen molar-refractivity contribution in [2.45, 2.75) is 0 Å². The zero-order valence-electron chi connectivity index (χ0n) is 15.0. The molecule has 3 heterocycles. The van der Waals surface area contributed by atoms with Crippen LogP contribution in [-0.2, 0) is 0 Å². The molecule has 0 bridgehead atoms. The Hall–Kier alpha value is -3.80. The summed E-state index contributed by atoms with van der Waals surface area (Å²) >= 11 is 0. The second kappa shape index (κ2) is 6.74. The third-order valence-corrected chi connectivity index (χ3v) is 4.59. The number of fused-ring (bicyclic) bond motifs is 2. The van der Waals surface area contributed by atoms with Gasteiger partial charge in [-0.3, -0.25) is 4.79 Å². The largest absolute Gasteiger partial charge is 0.486 e. The Kier molecular flexibility index (Phi) is 3.94. The number of anilines is 1. The van der Waals surface area contributed by atoms with E-state index in [1.807, 2.05) is 47.1 Å². The molecule has 4 aromatic rings. The number of hydrogen-bond donors (Lipinski definition) is 1. The number of nitrogens with one attached hydrogen (secondary N) is 1. The molecule has 138 valence electrons. The number of amides is 1. The minimum Gasteiger partial charge on any atom is -0.486 e. The summed E-state index contributed by atoms with van der Waals surface area (Å²) in [6.07, 6.45) is 3.79. The number of carbonyl (C=O) groups excluding carboxylic acids is 1. The van der Waals surface area contributed by atoms with Crippen molar-refractivity contribution in [3.8, 4) is 22.8 Å². The highest BCUT2D eigenvalue weighted by Gasteiger charge is 2.14. The molecule has 2 aromatic carbocycles. The Morgan fingerprint density at radius 3 is 2.64 bits per heavy atom. The normalized spacial score (nSPS) is 12.7. The third kappa shape index (κ3) is 3.05. The predicted octanol–water partition coefficient (Wildman–Crippen LogP) is 4.02. The van der Waals surface area contributed by atoms with Crippen LogP contribution in [-0.4, -0.2) is 28.5 Å². The molecule has 28 heavy (non-hydrogen) atoms. The minimum atomic E-state index is -0.205. The van der Waals surface area contributed by atoms with Gasteiger partial charge in [-0.05, 0) is 24.3 Å². The first-order chi connectivity index (χ1) is 13.8. The topological polar surface area (TPSA) is 64.9 Å².